The minimum absolute atomic E-state index is 0.897. The van der Waals surface area contributed by atoms with Gasteiger partial charge in [0.2, 0.25) is 0 Å². The lowest BCUT2D eigenvalue weighted by atomic mass is 10.2. The summed E-state index contributed by atoms with van der Waals surface area (Å²) in [6, 6.07) is 12.5. The molecule has 3 aromatic rings. The molecule has 0 radical (unpaired) electrons. The molecule has 1 aromatic carbocycles. The van der Waals surface area contributed by atoms with E-state index in [9.17, 15) is 0 Å². The van der Waals surface area contributed by atoms with Crippen LogP contribution >= 0.6 is 0 Å². The molecule has 2 N–H and O–H groups in total. The SMILES string of the molecule is CCc1nc(Nc2ccc3cc[nH]c3c2)ccc1C. The summed E-state index contributed by atoms with van der Waals surface area (Å²) in [5, 5.41) is 4.58. The first-order valence-electron chi connectivity index (χ1n) is 6.57. The van der Waals surface area contributed by atoms with Crippen molar-refractivity contribution in [3.05, 3.63) is 53.9 Å². The number of nitrogens with one attached hydrogen (secondary N) is 2. The van der Waals surface area contributed by atoms with Gasteiger partial charge in [0.05, 0.1) is 0 Å². The van der Waals surface area contributed by atoms with Crippen LogP contribution in [0.5, 0.6) is 0 Å². The molecule has 3 rings (SSSR count). The van der Waals surface area contributed by atoms with Gasteiger partial charge in [-0.2, -0.15) is 0 Å². The van der Waals surface area contributed by atoms with Crippen LogP contribution in [-0.4, -0.2) is 9.97 Å². The summed E-state index contributed by atoms with van der Waals surface area (Å²) < 4.78 is 0. The molecule has 0 unspecified atom stereocenters. The highest BCUT2D eigenvalue weighted by molar-refractivity contribution is 5.83. The van der Waals surface area contributed by atoms with E-state index in [-0.39, 0.29) is 0 Å². The van der Waals surface area contributed by atoms with Gasteiger partial charge in [-0.1, -0.05) is 19.1 Å². The molecule has 0 aliphatic carbocycles. The van der Waals surface area contributed by atoms with Crippen molar-refractivity contribution in [2.75, 3.05) is 5.32 Å². The van der Waals surface area contributed by atoms with Crippen molar-refractivity contribution in [1.82, 2.24) is 9.97 Å². The molecule has 96 valence electrons. The zero-order chi connectivity index (χ0) is 13.2. The predicted octanol–water partition coefficient (Wildman–Crippen LogP) is 4.18. The Morgan fingerprint density at radius 3 is 2.89 bits per heavy atom. The van der Waals surface area contributed by atoms with Crippen LogP contribution in [0.4, 0.5) is 11.5 Å². The highest BCUT2D eigenvalue weighted by Gasteiger charge is 2.02. The third-order valence-corrected chi connectivity index (χ3v) is 3.36. The van der Waals surface area contributed by atoms with E-state index < -0.39 is 0 Å². The van der Waals surface area contributed by atoms with Crippen molar-refractivity contribution < 1.29 is 0 Å². The van der Waals surface area contributed by atoms with Crippen LogP contribution in [0.1, 0.15) is 18.2 Å². The standard InChI is InChI=1S/C16H17N3/c1-3-14-11(2)4-7-16(19-14)18-13-6-5-12-8-9-17-15(12)10-13/h4-10,17H,3H2,1-2H3,(H,18,19). The molecule has 3 heteroatoms. The summed E-state index contributed by atoms with van der Waals surface area (Å²) in [5.74, 6) is 0.897. The molecule has 0 atom stereocenters. The van der Waals surface area contributed by atoms with Crippen LogP contribution in [0.2, 0.25) is 0 Å². The van der Waals surface area contributed by atoms with Crippen LogP contribution < -0.4 is 5.32 Å². The second kappa shape index (κ2) is 4.76. The van der Waals surface area contributed by atoms with Gasteiger partial charge in [0.25, 0.3) is 0 Å². The summed E-state index contributed by atoms with van der Waals surface area (Å²) in [4.78, 5) is 7.85. The molecular weight excluding hydrogens is 234 g/mol. The fraction of sp³-hybridized carbons (Fsp3) is 0.188. The maximum absolute atomic E-state index is 4.63. The lowest BCUT2D eigenvalue weighted by Gasteiger charge is -2.09. The van der Waals surface area contributed by atoms with Gasteiger partial charge >= 0.3 is 0 Å². The first kappa shape index (κ1) is 11.8. The molecule has 0 saturated heterocycles. The fourth-order valence-electron chi connectivity index (χ4n) is 2.27. The Kier molecular flexibility index (Phi) is 2.95. The average Bonchev–Trinajstić information content (AvgIpc) is 2.88. The van der Waals surface area contributed by atoms with Gasteiger partial charge in [-0.05, 0) is 48.6 Å². The van der Waals surface area contributed by atoms with Gasteiger partial charge in [-0.25, -0.2) is 4.98 Å². The van der Waals surface area contributed by atoms with Gasteiger partial charge in [0, 0.05) is 23.1 Å². The molecule has 0 saturated carbocycles. The number of hydrogen-bond acceptors (Lipinski definition) is 2. The number of rotatable bonds is 3. The molecule has 0 aliphatic heterocycles. The van der Waals surface area contributed by atoms with E-state index in [1.807, 2.05) is 12.3 Å². The van der Waals surface area contributed by atoms with Crippen molar-refractivity contribution in [2.45, 2.75) is 20.3 Å². The monoisotopic (exact) mass is 251 g/mol. The molecule has 0 spiro atoms. The first-order valence-corrected chi connectivity index (χ1v) is 6.57. The Morgan fingerprint density at radius 2 is 2.05 bits per heavy atom. The zero-order valence-electron chi connectivity index (χ0n) is 11.2. The Morgan fingerprint density at radius 1 is 1.16 bits per heavy atom. The van der Waals surface area contributed by atoms with Gasteiger partial charge in [0.15, 0.2) is 0 Å². The minimum Gasteiger partial charge on any atom is -0.361 e. The normalized spacial score (nSPS) is 10.8. The number of hydrogen-bond donors (Lipinski definition) is 2. The van der Waals surface area contributed by atoms with Crippen LogP contribution in [0, 0.1) is 6.92 Å². The summed E-state index contributed by atoms with van der Waals surface area (Å²) in [5.41, 5.74) is 4.57. The summed E-state index contributed by atoms with van der Waals surface area (Å²) >= 11 is 0. The van der Waals surface area contributed by atoms with E-state index >= 15 is 0 Å². The molecule has 3 nitrogen and oxygen atoms in total. The van der Waals surface area contributed by atoms with E-state index in [1.54, 1.807) is 0 Å². The molecule has 0 aliphatic rings. The largest absolute Gasteiger partial charge is 0.361 e. The molecule has 0 bridgehead atoms. The number of H-pyrrole nitrogens is 1. The smallest absolute Gasteiger partial charge is 0.130 e. The van der Waals surface area contributed by atoms with Crippen molar-refractivity contribution in [3.63, 3.8) is 0 Å². The number of benzene rings is 1. The Balaban J connectivity index is 1.91. The van der Waals surface area contributed by atoms with Crippen molar-refractivity contribution in [3.8, 4) is 0 Å². The van der Waals surface area contributed by atoms with Gasteiger partial charge < -0.3 is 10.3 Å². The Hall–Kier alpha value is -2.29. The first-order chi connectivity index (χ1) is 9.26. The quantitative estimate of drug-likeness (QED) is 0.733. The zero-order valence-corrected chi connectivity index (χ0v) is 11.2. The number of pyridine rings is 1. The van der Waals surface area contributed by atoms with Gasteiger partial charge in [-0.3, -0.25) is 0 Å². The van der Waals surface area contributed by atoms with E-state index in [4.69, 9.17) is 0 Å². The summed E-state index contributed by atoms with van der Waals surface area (Å²) in [6.07, 6.45) is 2.91. The number of nitrogens with zero attached hydrogens (tertiary/aromatic N) is 1. The third-order valence-electron chi connectivity index (χ3n) is 3.36. The molecule has 19 heavy (non-hydrogen) atoms. The van der Waals surface area contributed by atoms with Crippen molar-refractivity contribution in [1.29, 1.82) is 0 Å². The van der Waals surface area contributed by atoms with Crippen molar-refractivity contribution in [2.24, 2.45) is 0 Å². The van der Waals surface area contributed by atoms with Gasteiger partial charge in [-0.15, -0.1) is 0 Å². The van der Waals surface area contributed by atoms with Crippen LogP contribution in [0.25, 0.3) is 10.9 Å². The topological polar surface area (TPSA) is 40.7 Å². The summed E-state index contributed by atoms with van der Waals surface area (Å²) in [7, 11) is 0. The van der Waals surface area contributed by atoms with E-state index in [0.717, 1.165) is 29.1 Å². The lowest BCUT2D eigenvalue weighted by molar-refractivity contribution is 1.01. The number of fused-ring (bicyclic) bond motifs is 1. The number of aromatic nitrogens is 2. The predicted molar refractivity (Wildman–Crippen MR) is 79.9 cm³/mol. The fourth-order valence-corrected chi connectivity index (χ4v) is 2.27. The minimum atomic E-state index is 0.897. The summed E-state index contributed by atoms with van der Waals surface area (Å²) in [6.45, 7) is 4.23. The maximum atomic E-state index is 4.63. The third kappa shape index (κ3) is 2.32. The molecule has 0 fully saturated rings. The number of aryl methyl sites for hydroxylation is 2. The van der Waals surface area contributed by atoms with E-state index in [0.29, 0.717) is 0 Å². The van der Waals surface area contributed by atoms with Crippen molar-refractivity contribution >= 4 is 22.4 Å². The second-order valence-corrected chi connectivity index (χ2v) is 4.72. The number of aromatic amines is 1. The van der Waals surface area contributed by atoms with Crippen LogP contribution in [0.3, 0.4) is 0 Å². The van der Waals surface area contributed by atoms with E-state index in [2.05, 4.69) is 59.5 Å². The highest BCUT2D eigenvalue weighted by Crippen LogP contribution is 2.21. The van der Waals surface area contributed by atoms with Gasteiger partial charge in [0.1, 0.15) is 5.82 Å². The molecule has 0 amide bonds. The van der Waals surface area contributed by atoms with Crippen LogP contribution in [0.15, 0.2) is 42.6 Å². The number of anilines is 2. The Labute approximate surface area is 112 Å². The lowest BCUT2D eigenvalue weighted by Crippen LogP contribution is -1.98. The molecule has 2 heterocycles. The average molecular weight is 251 g/mol. The highest BCUT2D eigenvalue weighted by atomic mass is 15.0. The second-order valence-electron chi connectivity index (χ2n) is 4.72. The van der Waals surface area contributed by atoms with Crippen LogP contribution in [-0.2, 0) is 6.42 Å². The molecular formula is C16H17N3. The maximum Gasteiger partial charge on any atom is 0.130 e. The van der Waals surface area contributed by atoms with E-state index in [1.165, 1.54) is 10.9 Å². The Bertz CT molecular complexity index is 713. The molecule has 2 aromatic heterocycles.